The maximum absolute atomic E-state index is 7.89. The molecule has 9 heteroatoms. The predicted molar refractivity (Wildman–Crippen MR) is 16.9 cm³/mol. The molecule has 9 heavy (non-hydrogen) atoms. The van der Waals surface area contributed by atoms with Crippen molar-refractivity contribution in [2.75, 3.05) is 0 Å². The van der Waals surface area contributed by atoms with Gasteiger partial charge in [0.05, 0.1) is 0 Å². The molecule has 5 nitrogen and oxygen atoms in total. The third-order valence-electron chi connectivity index (χ3n) is 0.275. The first-order valence-electron chi connectivity index (χ1n) is 1.13. The molecule has 1 radical (unpaired) electrons. The first-order valence-corrected chi connectivity index (χ1v) is 3.06. The van der Waals surface area contributed by atoms with Gasteiger partial charge in [-0.3, -0.25) is 0 Å². The van der Waals surface area contributed by atoms with E-state index in [1.807, 2.05) is 0 Å². The fraction of sp³-hybridized carbons (Fsp3) is 0. The van der Waals surface area contributed by atoms with Gasteiger partial charge >= 0.3 is 50.6 Å². The van der Waals surface area contributed by atoms with E-state index in [0.29, 0.717) is 0 Å². The fourth-order valence-corrected chi connectivity index (χ4v) is 0.402. The van der Waals surface area contributed by atoms with E-state index in [1.165, 1.54) is 0 Å². The van der Waals surface area contributed by atoms with Crippen molar-refractivity contribution in [1.82, 2.24) is 0 Å². The van der Waals surface area contributed by atoms with Gasteiger partial charge in [0.25, 0.3) is 0 Å². The third kappa shape index (κ3) is 7.83. The molecule has 0 aromatic carbocycles. The third-order valence-corrected chi connectivity index (χ3v) is 0.824. The van der Waals surface area contributed by atoms with E-state index in [1.54, 1.807) is 0 Å². The van der Waals surface area contributed by atoms with E-state index in [4.69, 9.17) is 14.7 Å². The zero-order chi connectivity index (χ0) is 4.86. The molecule has 0 aromatic rings. The van der Waals surface area contributed by atoms with Crippen LogP contribution in [0.15, 0.2) is 0 Å². The van der Waals surface area contributed by atoms with Crippen LogP contribution >= 0.6 is 7.74 Å². The molecule has 53 valence electrons. The van der Waals surface area contributed by atoms with E-state index >= 15 is 0 Å². The van der Waals surface area contributed by atoms with Crippen LogP contribution in [0.2, 0.25) is 0 Å². The molecule has 0 aromatic heterocycles. The Labute approximate surface area is 87.4 Å². The summed E-state index contributed by atoms with van der Waals surface area (Å²) in [7, 11) is -4.80. The predicted octanol–water partition coefficient (Wildman–Crippen LogP) is -3.84. The van der Waals surface area contributed by atoms with Gasteiger partial charge in [0.1, 0.15) is 0 Å². The zero-order valence-electron chi connectivity index (χ0n) is 5.41. The molecule has 3 N–H and O–H groups in total. The Kier molecular flexibility index (Phi) is 7.77. The molecule has 1 saturated heterocycles. The first kappa shape index (κ1) is 17.1. The molecule has 1 rings (SSSR count). The summed E-state index contributed by atoms with van der Waals surface area (Å²) < 4.78 is 6.76. The van der Waals surface area contributed by atoms with Gasteiger partial charge in [-0.2, -0.15) is 0 Å². The molecule has 1 aliphatic heterocycles. The number of hydrogen-bond donors (Lipinski definition) is 3. The Morgan fingerprint density at radius 2 is 1.22 bits per heavy atom. The molecule has 0 saturated carbocycles. The minimum atomic E-state index is -4.80. The van der Waals surface area contributed by atoms with Crippen molar-refractivity contribution >= 4 is 7.74 Å². The molecule has 0 atom stereocenters. The van der Waals surface area contributed by atoms with Crippen LogP contribution in [0.1, 0.15) is 1.43 Å². The average molecular weight is 229 g/mol. The topological polar surface area (TPSA) is 85.8 Å². The quantitative estimate of drug-likeness (QED) is 0.171. The van der Waals surface area contributed by atoms with Crippen molar-refractivity contribution < 1.29 is 79.9 Å². The molecule has 0 spiro atoms. The average Bonchev–Trinajstić information content (AvgIpc) is 1.73. The van der Waals surface area contributed by atoms with Gasteiger partial charge in [-0.25, -0.2) is 0 Å². The summed E-state index contributed by atoms with van der Waals surface area (Å²) in [5, 5.41) is 0. The van der Waals surface area contributed by atoms with Gasteiger partial charge in [0, 0.05) is 35.6 Å². The smallest absolute Gasteiger partial charge is 1.00 e. The van der Waals surface area contributed by atoms with Crippen molar-refractivity contribution in [3.05, 3.63) is 0 Å². The van der Waals surface area contributed by atoms with Crippen LogP contribution in [0.4, 0.5) is 0 Å². The van der Waals surface area contributed by atoms with Crippen molar-refractivity contribution in [3.8, 4) is 0 Å². The van der Waals surface area contributed by atoms with Gasteiger partial charge < -0.3 is 1.43 Å². The Morgan fingerprint density at radius 1 is 1.11 bits per heavy atom. The summed E-state index contributed by atoms with van der Waals surface area (Å²) in [6.07, 6.45) is 0. The van der Waals surface area contributed by atoms with Crippen LogP contribution < -0.4 is 18.9 Å². The van der Waals surface area contributed by atoms with Crippen molar-refractivity contribution in [3.63, 3.8) is 0 Å². The molecule has 0 aliphatic carbocycles. The van der Waals surface area contributed by atoms with Gasteiger partial charge in [0.2, 0.25) is 0 Å². The zero-order valence-corrected chi connectivity index (χ0v) is 7.80. The van der Waals surface area contributed by atoms with Crippen LogP contribution in [-0.4, -0.2) is 14.7 Å². The molecule has 0 amide bonds. The Balaban J connectivity index is -0.0000000450. The second-order valence-corrected chi connectivity index (χ2v) is 2.95. The van der Waals surface area contributed by atoms with Crippen molar-refractivity contribution in [2.24, 2.45) is 0 Å². The van der Waals surface area contributed by atoms with Gasteiger partial charge in [-0.15, -0.1) is 0 Å². The van der Waals surface area contributed by atoms with Crippen LogP contribution in [0, 0.1) is 0 Å². The van der Waals surface area contributed by atoms with Gasteiger partial charge in [-0.05, 0) is 0 Å². The summed E-state index contributed by atoms with van der Waals surface area (Å²) >= 11 is 0. The maximum Gasteiger partial charge on any atom is 1.00 e. The minimum Gasteiger partial charge on any atom is -1.00 e. The molecule has 0 bridgehead atoms. The maximum atomic E-state index is 7.89. The van der Waals surface area contributed by atoms with Crippen molar-refractivity contribution in [2.45, 2.75) is 0 Å². The minimum absolute atomic E-state index is 0. The Hall–Kier alpha value is 1.93. The monoisotopic (exact) mass is 229 g/mol. The normalized spacial score (nSPS) is 28.6. The molecular formula is H4FeLiO5PV. The van der Waals surface area contributed by atoms with Gasteiger partial charge in [-0.1, -0.05) is 0 Å². The number of hydrogen-bond acceptors (Lipinski definition) is 5. The standard InChI is InChI=1S/Fe.Li.H3O5P.V.H/c;;1-6(2,3)4-5-6;;/h;;1-3H;;/q;+1;;;-1. The molecule has 1 fully saturated rings. The largest absolute Gasteiger partial charge is 1.00 e. The Morgan fingerprint density at radius 3 is 1.22 bits per heavy atom. The van der Waals surface area contributed by atoms with Crippen LogP contribution in [0.5, 0.6) is 0 Å². The fourth-order valence-electron chi connectivity index (χ4n) is 0.0447. The summed E-state index contributed by atoms with van der Waals surface area (Å²) in [5.41, 5.74) is 0. The van der Waals surface area contributed by atoms with E-state index in [0.717, 1.165) is 0 Å². The van der Waals surface area contributed by atoms with Gasteiger partial charge in [0.15, 0.2) is 0 Å². The van der Waals surface area contributed by atoms with Crippen LogP contribution in [0.3, 0.4) is 0 Å². The van der Waals surface area contributed by atoms with Crippen LogP contribution in [-0.2, 0) is 45.0 Å². The molecule has 1 heterocycles. The second kappa shape index (κ2) is 4.08. The first-order chi connectivity index (χ1) is 2.47. The molecule has 1 aliphatic rings. The summed E-state index contributed by atoms with van der Waals surface area (Å²) in [6, 6.07) is 0. The summed E-state index contributed by atoms with van der Waals surface area (Å²) in [4.78, 5) is 23.7. The number of rotatable bonds is 0. The van der Waals surface area contributed by atoms with E-state index in [9.17, 15) is 0 Å². The Bertz CT molecular complexity index is 85.4. The molecular weight excluding hydrogens is 225 g/mol. The molecule has 0 unspecified atom stereocenters. The van der Waals surface area contributed by atoms with Crippen molar-refractivity contribution in [1.29, 1.82) is 0 Å². The SMILES string of the molecule is OP1(O)(O)OO1.[Fe].[H-].[Li+].[V]. The van der Waals surface area contributed by atoms with E-state index in [2.05, 4.69) is 9.35 Å². The summed E-state index contributed by atoms with van der Waals surface area (Å²) in [5.74, 6) is 0. The van der Waals surface area contributed by atoms with E-state index in [-0.39, 0.29) is 55.9 Å². The van der Waals surface area contributed by atoms with E-state index < -0.39 is 7.74 Å². The summed E-state index contributed by atoms with van der Waals surface area (Å²) in [6.45, 7) is 0. The second-order valence-electron chi connectivity index (χ2n) is 0.982. The van der Waals surface area contributed by atoms with Crippen LogP contribution in [0.25, 0.3) is 0 Å².